The van der Waals surface area contributed by atoms with Gasteiger partial charge in [-0.25, -0.2) is 9.37 Å². The highest BCUT2D eigenvalue weighted by molar-refractivity contribution is 5.79. The zero-order chi connectivity index (χ0) is 17.1. The third-order valence-electron chi connectivity index (χ3n) is 3.72. The van der Waals surface area contributed by atoms with Crippen molar-refractivity contribution in [2.45, 2.75) is 13.0 Å². The van der Waals surface area contributed by atoms with Gasteiger partial charge in [-0.1, -0.05) is 24.3 Å². The summed E-state index contributed by atoms with van der Waals surface area (Å²) in [5.41, 5.74) is 0.954. The normalized spacial score (nSPS) is 10.8. The minimum Gasteiger partial charge on any atom is -0.338 e. The van der Waals surface area contributed by atoms with Crippen LogP contribution in [0.25, 0.3) is 10.9 Å². The zero-order valence-corrected chi connectivity index (χ0v) is 13.1. The van der Waals surface area contributed by atoms with Gasteiger partial charge < -0.3 is 9.88 Å². The molecule has 1 heterocycles. The van der Waals surface area contributed by atoms with Crippen molar-refractivity contribution in [1.82, 2.24) is 14.9 Å². The fourth-order valence-corrected chi connectivity index (χ4v) is 2.48. The topological polar surface area (TPSA) is 66.1 Å². The van der Waals surface area contributed by atoms with Gasteiger partial charge >= 0.3 is 0 Å². The Hall–Kier alpha value is -3.02. The van der Waals surface area contributed by atoms with Gasteiger partial charge in [0, 0.05) is 7.05 Å². The van der Waals surface area contributed by atoms with Crippen LogP contribution in [0.1, 0.15) is 11.4 Å². The molecule has 0 aliphatic rings. The van der Waals surface area contributed by atoms with Crippen LogP contribution in [-0.4, -0.2) is 27.8 Å². The maximum Gasteiger partial charge on any atom is 0.258 e. The number of aromatic amines is 1. The summed E-state index contributed by atoms with van der Waals surface area (Å²) in [6, 6.07) is 13.0. The van der Waals surface area contributed by atoms with Gasteiger partial charge in [-0.3, -0.25) is 9.59 Å². The monoisotopic (exact) mass is 325 g/mol. The Morgan fingerprint density at radius 1 is 1.21 bits per heavy atom. The molecule has 0 radical (unpaired) electrons. The van der Waals surface area contributed by atoms with Gasteiger partial charge in [0.2, 0.25) is 5.91 Å². The Balaban J connectivity index is 1.75. The third kappa shape index (κ3) is 3.48. The molecule has 5 nitrogen and oxygen atoms in total. The van der Waals surface area contributed by atoms with E-state index in [9.17, 15) is 14.0 Å². The van der Waals surface area contributed by atoms with E-state index in [2.05, 4.69) is 9.97 Å². The lowest BCUT2D eigenvalue weighted by atomic mass is 10.1. The van der Waals surface area contributed by atoms with E-state index in [1.165, 1.54) is 17.0 Å². The number of hydrogen-bond acceptors (Lipinski definition) is 3. The first-order chi connectivity index (χ1) is 11.5. The van der Waals surface area contributed by atoms with E-state index in [4.69, 9.17) is 0 Å². The Kier molecular flexibility index (Phi) is 4.37. The number of likely N-dealkylation sites (N-methyl/N-ethyl adjacent to an activating group) is 1. The molecule has 0 aliphatic carbocycles. The molecular weight excluding hydrogens is 309 g/mol. The van der Waals surface area contributed by atoms with E-state index in [1.54, 1.807) is 43.4 Å². The van der Waals surface area contributed by atoms with Crippen LogP contribution in [0.2, 0.25) is 0 Å². The van der Waals surface area contributed by atoms with E-state index in [0.29, 0.717) is 22.3 Å². The second-order valence-corrected chi connectivity index (χ2v) is 5.59. The van der Waals surface area contributed by atoms with E-state index < -0.39 is 0 Å². The van der Waals surface area contributed by atoms with Crippen LogP contribution in [0.5, 0.6) is 0 Å². The molecule has 0 saturated heterocycles. The van der Waals surface area contributed by atoms with Gasteiger partial charge in [0.15, 0.2) is 0 Å². The number of rotatable bonds is 4. The van der Waals surface area contributed by atoms with Crippen LogP contribution < -0.4 is 5.56 Å². The van der Waals surface area contributed by atoms with Crippen molar-refractivity contribution in [2.24, 2.45) is 0 Å². The second-order valence-electron chi connectivity index (χ2n) is 5.59. The van der Waals surface area contributed by atoms with E-state index in [1.807, 2.05) is 0 Å². The number of para-hydroxylation sites is 1. The van der Waals surface area contributed by atoms with Gasteiger partial charge in [-0.2, -0.15) is 0 Å². The highest BCUT2D eigenvalue weighted by Gasteiger charge is 2.13. The molecule has 24 heavy (non-hydrogen) atoms. The van der Waals surface area contributed by atoms with Gasteiger partial charge in [0.05, 0.1) is 23.9 Å². The largest absolute Gasteiger partial charge is 0.338 e. The number of H-pyrrole nitrogens is 1. The molecule has 6 heteroatoms. The SMILES string of the molecule is CN(Cc1nc2ccccc2c(=O)[nH]1)C(=O)Cc1cccc(F)c1. The van der Waals surface area contributed by atoms with Crippen molar-refractivity contribution >= 4 is 16.8 Å². The number of halogens is 1. The predicted octanol–water partition coefficient (Wildman–Crippen LogP) is 2.26. The smallest absolute Gasteiger partial charge is 0.258 e. The minimum absolute atomic E-state index is 0.0894. The fourth-order valence-electron chi connectivity index (χ4n) is 2.48. The van der Waals surface area contributed by atoms with E-state index >= 15 is 0 Å². The number of nitrogens with one attached hydrogen (secondary N) is 1. The number of fused-ring (bicyclic) bond motifs is 1. The molecule has 122 valence electrons. The number of nitrogens with zero attached hydrogens (tertiary/aromatic N) is 2. The number of benzene rings is 2. The molecule has 3 rings (SSSR count). The third-order valence-corrected chi connectivity index (χ3v) is 3.72. The highest BCUT2D eigenvalue weighted by atomic mass is 19.1. The average molecular weight is 325 g/mol. The van der Waals surface area contributed by atoms with Crippen molar-refractivity contribution < 1.29 is 9.18 Å². The molecule has 0 unspecified atom stereocenters. The molecule has 0 atom stereocenters. The van der Waals surface area contributed by atoms with Crippen LogP contribution in [0.15, 0.2) is 53.3 Å². The molecule has 3 aromatic rings. The molecule has 0 aliphatic heterocycles. The summed E-state index contributed by atoms with van der Waals surface area (Å²) in [6.45, 7) is 0.175. The lowest BCUT2D eigenvalue weighted by Crippen LogP contribution is -2.29. The first-order valence-electron chi connectivity index (χ1n) is 7.49. The summed E-state index contributed by atoms with van der Waals surface area (Å²) in [5, 5.41) is 0.509. The van der Waals surface area contributed by atoms with Gasteiger partial charge in [-0.15, -0.1) is 0 Å². The maximum absolute atomic E-state index is 13.2. The van der Waals surface area contributed by atoms with Crippen LogP contribution >= 0.6 is 0 Å². The van der Waals surface area contributed by atoms with Gasteiger partial charge in [0.25, 0.3) is 5.56 Å². The van der Waals surface area contributed by atoms with Crippen molar-refractivity contribution in [3.63, 3.8) is 0 Å². The molecule has 0 fully saturated rings. The van der Waals surface area contributed by atoms with Crippen molar-refractivity contribution in [3.05, 3.63) is 76.1 Å². The summed E-state index contributed by atoms with van der Waals surface area (Å²) in [4.78, 5) is 32.8. The quantitative estimate of drug-likeness (QED) is 0.800. The minimum atomic E-state index is -0.372. The summed E-state index contributed by atoms with van der Waals surface area (Å²) in [5.74, 6) is -0.145. The molecule has 1 N–H and O–H groups in total. The number of aromatic nitrogens is 2. The maximum atomic E-state index is 13.2. The Labute approximate surface area is 137 Å². The van der Waals surface area contributed by atoms with Gasteiger partial charge in [0.1, 0.15) is 11.6 Å². The Morgan fingerprint density at radius 2 is 2.00 bits per heavy atom. The zero-order valence-electron chi connectivity index (χ0n) is 13.1. The van der Waals surface area contributed by atoms with E-state index in [0.717, 1.165) is 0 Å². The van der Waals surface area contributed by atoms with Crippen LogP contribution in [0, 0.1) is 5.82 Å². The van der Waals surface area contributed by atoms with Crippen LogP contribution in [0.3, 0.4) is 0 Å². The second kappa shape index (κ2) is 6.62. The molecule has 0 saturated carbocycles. The molecule has 1 amide bonds. The van der Waals surface area contributed by atoms with Crippen molar-refractivity contribution in [2.75, 3.05) is 7.05 Å². The molecule has 0 bridgehead atoms. The highest BCUT2D eigenvalue weighted by Crippen LogP contribution is 2.09. The standard InChI is InChI=1S/C18H16FN3O2/c1-22(17(23)10-12-5-4-6-13(19)9-12)11-16-20-15-8-3-2-7-14(15)18(24)21-16/h2-9H,10-11H2,1H3,(H,20,21,24). The van der Waals surface area contributed by atoms with E-state index in [-0.39, 0.29) is 30.2 Å². The lowest BCUT2D eigenvalue weighted by molar-refractivity contribution is -0.129. The fraction of sp³-hybridized carbons (Fsp3) is 0.167. The first kappa shape index (κ1) is 15.9. The van der Waals surface area contributed by atoms with Crippen molar-refractivity contribution in [1.29, 1.82) is 0 Å². The first-order valence-corrected chi connectivity index (χ1v) is 7.49. The van der Waals surface area contributed by atoms with Crippen LogP contribution in [0.4, 0.5) is 4.39 Å². The average Bonchev–Trinajstić information content (AvgIpc) is 2.55. The molecule has 0 spiro atoms. The molecule has 2 aromatic carbocycles. The lowest BCUT2D eigenvalue weighted by Gasteiger charge is -2.16. The van der Waals surface area contributed by atoms with Gasteiger partial charge in [-0.05, 0) is 29.8 Å². The number of amides is 1. The predicted molar refractivity (Wildman–Crippen MR) is 88.9 cm³/mol. The number of carbonyl (C=O) groups is 1. The van der Waals surface area contributed by atoms with Crippen molar-refractivity contribution in [3.8, 4) is 0 Å². The molecular formula is C18H16FN3O2. The Morgan fingerprint density at radius 3 is 2.79 bits per heavy atom. The number of carbonyl (C=O) groups excluding carboxylic acids is 1. The summed E-state index contributed by atoms with van der Waals surface area (Å²) >= 11 is 0. The van der Waals surface area contributed by atoms with Crippen LogP contribution in [-0.2, 0) is 17.8 Å². The Bertz CT molecular complexity index is 952. The summed E-state index contributed by atoms with van der Waals surface area (Å²) < 4.78 is 13.2. The summed E-state index contributed by atoms with van der Waals surface area (Å²) in [7, 11) is 1.62. The summed E-state index contributed by atoms with van der Waals surface area (Å²) in [6.07, 6.45) is 0.0894. The molecule has 1 aromatic heterocycles. The number of hydrogen-bond donors (Lipinski definition) is 1.